The van der Waals surface area contributed by atoms with Crippen LogP contribution in [0.4, 0.5) is 0 Å². The Morgan fingerprint density at radius 3 is 3.10 bits per heavy atom. The van der Waals surface area contributed by atoms with E-state index in [4.69, 9.17) is 4.74 Å². The number of H-pyrrole nitrogens is 1. The monoisotopic (exact) mass is 272 g/mol. The Kier molecular flexibility index (Phi) is 3.49. The standard InChI is InChI=1S/C16H20N2O2/c1-3-20-16(19)9-11-4-5-14-12(8-11)13-10-18(2)7-6-15(13)17-14/h4-5,8,17H,3,6-7,9-10H2,1-2H3. The number of aromatic amines is 1. The van der Waals surface area contributed by atoms with Crippen molar-refractivity contribution in [1.82, 2.24) is 9.88 Å². The predicted molar refractivity (Wildman–Crippen MR) is 78.7 cm³/mol. The van der Waals surface area contributed by atoms with E-state index in [1.165, 1.54) is 16.6 Å². The minimum atomic E-state index is -0.159. The molecule has 0 amide bonds. The first-order valence-corrected chi connectivity index (χ1v) is 7.14. The molecule has 106 valence electrons. The van der Waals surface area contributed by atoms with E-state index in [1.54, 1.807) is 0 Å². The second-order valence-corrected chi connectivity index (χ2v) is 5.43. The lowest BCUT2D eigenvalue weighted by atomic mass is 10.0. The SMILES string of the molecule is CCOC(=O)Cc1ccc2[nH]c3c(c2c1)CN(C)CC3. The fourth-order valence-electron chi connectivity index (χ4n) is 2.88. The third-order valence-electron chi connectivity index (χ3n) is 3.88. The van der Waals surface area contributed by atoms with Crippen LogP contribution in [0.15, 0.2) is 18.2 Å². The van der Waals surface area contributed by atoms with Crippen molar-refractivity contribution in [3.63, 3.8) is 0 Å². The molecule has 0 aliphatic carbocycles. The normalized spacial score (nSPS) is 15.3. The van der Waals surface area contributed by atoms with Gasteiger partial charge >= 0.3 is 5.97 Å². The molecular formula is C16H20N2O2. The van der Waals surface area contributed by atoms with Gasteiger partial charge in [0.15, 0.2) is 0 Å². The van der Waals surface area contributed by atoms with Gasteiger partial charge in [-0.05, 0) is 37.2 Å². The maximum Gasteiger partial charge on any atom is 0.310 e. The molecule has 20 heavy (non-hydrogen) atoms. The van der Waals surface area contributed by atoms with Crippen LogP contribution in [0.5, 0.6) is 0 Å². The summed E-state index contributed by atoms with van der Waals surface area (Å²) in [5.41, 5.74) is 4.90. The molecule has 1 N–H and O–H groups in total. The van der Waals surface area contributed by atoms with Crippen LogP contribution >= 0.6 is 0 Å². The van der Waals surface area contributed by atoms with Crippen LogP contribution in [0.2, 0.25) is 0 Å². The Bertz CT molecular complexity index is 645. The molecule has 4 nitrogen and oxygen atoms in total. The van der Waals surface area contributed by atoms with Crippen molar-refractivity contribution in [3.8, 4) is 0 Å². The number of carbonyl (C=O) groups is 1. The first kappa shape index (κ1) is 13.2. The lowest BCUT2D eigenvalue weighted by Crippen LogP contribution is -2.26. The van der Waals surface area contributed by atoms with Crippen LogP contribution < -0.4 is 0 Å². The first-order chi connectivity index (χ1) is 9.67. The summed E-state index contributed by atoms with van der Waals surface area (Å²) in [7, 11) is 2.14. The zero-order valence-electron chi connectivity index (χ0n) is 12.0. The summed E-state index contributed by atoms with van der Waals surface area (Å²) in [6.45, 7) is 4.33. The number of hydrogen-bond donors (Lipinski definition) is 1. The summed E-state index contributed by atoms with van der Waals surface area (Å²) in [5, 5.41) is 1.24. The van der Waals surface area contributed by atoms with E-state index in [2.05, 4.69) is 29.1 Å². The fourth-order valence-corrected chi connectivity index (χ4v) is 2.88. The number of ether oxygens (including phenoxy) is 1. The van der Waals surface area contributed by atoms with Gasteiger partial charge in [0, 0.05) is 36.1 Å². The number of carbonyl (C=O) groups excluding carboxylic acids is 1. The number of esters is 1. The van der Waals surface area contributed by atoms with Crippen molar-refractivity contribution in [3.05, 3.63) is 35.0 Å². The average Bonchev–Trinajstić information content (AvgIpc) is 2.76. The minimum Gasteiger partial charge on any atom is -0.466 e. The molecule has 2 aromatic rings. The molecule has 1 aliphatic rings. The second kappa shape index (κ2) is 5.29. The molecule has 0 atom stereocenters. The molecule has 0 saturated carbocycles. The molecule has 0 bridgehead atoms. The average molecular weight is 272 g/mol. The summed E-state index contributed by atoms with van der Waals surface area (Å²) in [6.07, 6.45) is 1.41. The number of benzene rings is 1. The van der Waals surface area contributed by atoms with E-state index >= 15 is 0 Å². The Hall–Kier alpha value is -1.81. The second-order valence-electron chi connectivity index (χ2n) is 5.43. The largest absolute Gasteiger partial charge is 0.466 e. The molecule has 0 radical (unpaired) electrons. The lowest BCUT2D eigenvalue weighted by molar-refractivity contribution is -0.142. The Morgan fingerprint density at radius 2 is 2.30 bits per heavy atom. The van der Waals surface area contributed by atoms with Crippen LogP contribution in [0, 0.1) is 0 Å². The van der Waals surface area contributed by atoms with Gasteiger partial charge in [-0.3, -0.25) is 4.79 Å². The van der Waals surface area contributed by atoms with Crippen molar-refractivity contribution < 1.29 is 9.53 Å². The third-order valence-corrected chi connectivity index (χ3v) is 3.88. The number of nitrogens with one attached hydrogen (secondary N) is 1. The number of nitrogens with zero attached hydrogens (tertiary/aromatic N) is 1. The molecule has 1 aromatic carbocycles. The minimum absolute atomic E-state index is 0.159. The molecule has 1 aromatic heterocycles. The van der Waals surface area contributed by atoms with Gasteiger partial charge < -0.3 is 14.6 Å². The highest BCUT2D eigenvalue weighted by molar-refractivity contribution is 5.86. The highest BCUT2D eigenvalue weighted by atomic mass is 16.5. The van der Waals surface area contributed by atoms with Crippen molar-refractivity contribution in [1.29, 1.82) is 0 Å². The van der Waals surface area contributed by atoms with Crippen LogP contribution in [-0.2, 0) is 28.9 Å². The summed E-state index contributed by atoms with van der Waals surface area (Å²) in [4.78, 5) is 17.4. The molecule has 0 saturated heterocycles. The number of likely N-dealkylation sites (N-methyl/N-ethyl adjacent to an activating group) is 1. The maximum atomic E-state index is 11.6. The van der Waals surface area contributed by atoms with Gasteiger partial charge in [-0.1, -0.05) is 6.07 Å². The van der Waals surface area contributed by atoms with Crippen LogP contribution in [-0.4, -0.2) is 36.1 Å². The molecule has 0 spiro atoms. The van der Waals surface area contributed by atoms with Gasteiger partial charge in [0.05, 0.1) is 13.0 Å². The fraction of sp³-hybridized carbons (Fsp3) is 0.438. The topological polar surface area (TPSA) is 45.3 Å². The van der Waals surface area contributed by atoms with Crippen molar-refractivity contribution in [2.45, 2.75) is 26.3 Å². The molecule has 0 fully saturated rings. The summed E-state index contributed by atoms with van der Waals surface area (Å²) in [6, 6.07) is 6.20. The molecule has 2 heterocycles. The summed E-state index contributed by atoms with van der Waals surface area (Å²) >= 11 is 0. The van der Waals surface area contributed by atoms with Crippen molar-refractivity contribution >= 4 is 16.9 Å². The Balaban J connectivity index is 1.94. The lowest BCUT2D eigenvalue weighted by Gasteiger charge is -2.22. The summed E-state index contributed by atoms with van der Waals surface area (Å²) in [5.74, 6) is -0.159. The quantitative estimate of drug-likeness (QED) is 0.872. The number of hydrogen-bond acceptors (Lipinski definition) is 3. The smallest absolute Gasteiger partial charge is 0.310 e. The van der Waals surface area contributed by atoms with Gasteiger partial charge in [-0.25, -0.2) is 0 Å². The van der Waals surface area contributed by atoms with Crippen LogP contribution in [0.25, 0.3) is 10.9 Å². The van der Waals surface area contributed by atoms with E-state index in [9.17, 15) is 4.79 Å². The van der Waals surface area contributed by atoms with Gasteiger partial charge in [-0.2, -0.15) is 0 Å². The zero-order valence-corrected chi connectivity index (χ0v) is 12.0. The van der Waals surface area contributed by atoms with E-state index in [1.807, 2.05) is 13.0 Å². The van der Waals surface area contributed by atoms with Crippen LogP contribution in [0.3, 0.4) is 0 Å². The first-order valence-electron chi connectivity index (χ1n) is 7.14. The van der Waals surface area contributed by atoms with E-state index in [0.29, 0.717) is 13.0 Å². The highest BCUT2D eigenvalue weighted by Gasteiger charge is 2.18. The van der Waals surface area contributed by atoms with E-state index in [-0.39, 0.29) is 5.97 Å². The predicted octanol–water partition coefficient (Wildman–Crippen LogP) is 2.26. The Morgan fingerprint density at radius 1 is 1.45 bits per heavy atom. The zero-order chi connectivity index (χ0) is 14.1. The molecule has 4 heteroatoms. The van der Waals surface area contributed by atoms with Gasteiger partial charge in [0.1, 0.15) is 0 Å². The number of fused-ring (bicyclic) bond motifs is 3. The van der Waals surface area contributed by atoms with Crippen molar-refractivity contribution in [2.75, 3.05) is 20.2 Å². The number of aromatic nitrogens is 1. The number of rotatable bonds is 3. The molecular weight excluding hydrogens is 252 g/mol. The molecule has 3 rings (SSSR count). The molecule has 1 aliphatic heterocycles. The van der Waals surface area contributed by atoms with Gasteiger partial charge in [0.25, 0.3) is 0 Å². The Labute approximate surface area is 118 Å². The summed E-state index contributed by atoms with van der Waals surface area (Å²) < 4.78 is 5.01. The van der Waals surface area contributed by atoms with E-state index < -0.39 is 0 Å². The van der Waals surface area contributed by atoms with Crippen molar-refractivity contribution in [2.24, 2.45) is 0 Å². The van der Waals surface area contributed by atoms with Crippen LogP contribution in [0.1, 0.15) is 23.7 Å². The van der Waals surface area contributed by atoms with Gasteiger partial charge in [0.2, 0.25) is 0 Å². The highest BCUT2D eigenvalue weighted by Crippen LogP contribution is 2.28. The maximum absolute atomic E-state index is 11.6. The van der Waals surface area contributed by atoms with E-state index in [0.717, 1.165) is 30.6 Å². The molecule has 0 unspecified atom stereocenters. The third kappa shape index (κ3) is 2.43. The van der Waals surface area contributed by atoms with Gasteiger partial charge in [-0.15, -0.1) is 0 Å².